The molecule has 3 heteroatoms. The van der Waals surface area contributed by atoms with Crippen molar-refractivity contribution in [3.8, 4) is 0 Å². The lowest BCUT2D eigenvalue weighted by atomic mass is 9.79. The molecule has 0 radical (unpaired) electrons. The third-order valence-corrected chi connectivity index (χ3v) is 4.93. The summed E-state index contributed by atoms with van der Waals surface area (Å²) < 4.78 is 7.44. The van der Waals surface area contributed by atoms with Crippen LogP contribution >= 0.6 is 15.9 Å². The highest BCUT2D eigenvalue weighted by molar-refractivity contribution is 9.10. The van der Waals surface area contributed by atoms with E-state index in [0.29, 0.717) is 12.0 Å². The predicted octanol–water partition coefficient (Wildman–Crippen LogP) is 4.56. The van der Waals surface area contributed by atoms with Crippen molar-refractivity contribution < 1.29 is 4.74 Å². The Hall–Kier alpha value is -0.380. The largest absolute Gasteiger partial charge is 0.369 e. The lowest BCUT2D eigenvalue weighted by Crippen LogP contribution is -2.45. The van der Waals surface area contributed by atoms with E-state index in [1.807, 2.05) is 0 Å². The van der Waals surface area contributed by atoms with Crippen molar-refractivity contribution in [2.75, 3.05) is 6.54 Å². The second-order valence-corrected chi connectivity index (χ2v) is 8.19. The molecule has 21 heavy (non-hydrogen) atoms. The van der Waals surface area contributed by atoms with Gasteiger partial charge >= 0.3 is 0 Å². The van der Waals surface area contributed by atoms with Crippen molar-refractivity contribution >= 4 is 15.9 Å². The maximum atomic E-state index is 6.29. The summed E-state index contributed by atoms with van der Waals surface area (Å²) in [7, 11) is 0. The Morgan fingerprint density at radius 2 is 2.05 bits per heavy atom. The quantitative estimate of drug-likeness (QED) is 0.837. The van der Waals surface area contributed by atoms with Crippen molar-refractivity contribution in [1.29, 1.82) is 0 Å². The van der Waals surface area contributed by atoms with E-state index in [1.54, 1.807) is 0 Å². The molecule has 1 saturated heterocycles. The summed E-state index contributed by atoms with van der Waals surface area (Å²) in [6.07, 6.45) is 2.15. The number of benzene rings is 1. The normalized spacial score (nSPS) is 25.0. The molecule has 0 aromatic heterocycles. The summed E-state index contributed by atoms with van der Waals surface area (Å²) in [5.74, 6) is 0.520. The molecule has 1 aliphatic rings. The number of likely N-dealkylation sites (N-methyl/N-ethyl adjacent to an activating group) is 1. The van der Waals surface area contributed by atoms with Gasteiger partial charge in [0.25, 0.3) is 0 Å². The van der Waals surface area contributed by atoms with Crippen LogP contribution in [0.2, 0.25) is 0 Å². The third-order valence-electron chi connectivity index (χ3n) is 4.44. The summed E-state index contributed by atoms with van der Waals surface area (Å²) in [5, 5.41) is 3.69. The molecule has 1 fully saturated rings. The van der Waals surface area contributed by atoms with E-state index in [9.17, 15) is 0 Å². The third kappa shape index (κ3) is 4.30. The standard InChI is InChI=1S/C18H28BrNO/c1-6-20-16(11-13-8-7-9-14(19)10-13)15-12-17(2,3)21-18(15,4)5/h7-10,15-16,20H,6,11-12H2,1-5H3. The average Bonchev–Trinajstić information content (AvgIpc) is 2.57. The zero-order chi connectivity index (χ0) is 15.7. The molecular formula is C18H28BrNO. The molecule has 2 unspecified atom stereocenters. The van der Waals surface area contributed by atoms with Crippen LogP contribution in [0.3, 0.4) is 0 Å². The number of rotatable bonds is 5. The van der Waals surface area contributed by atoms with Crippen molar-refractivity contribution in [3.05, 3.63) is 34.3 Å². The number of hydrogen-bond donors (Lipinski definition) is 1. The van der Waals surface area contributed by atoms with Gasteiger partial charge in [-0.3, -0.25) is 0 Å². The second-order valence-electron chi connectivity index (χ2n) is 7.27. The fourth-order valence-corrected chi connectivity index (χ4v) is 4.22. The summed E-state index contributed by atoms with van der Waals surface area (Å²) in [6.45, 7) is 12.1. The van der Waals surface area contributed by atoms with Crippen molar-refractivity contribution in [1.82, 2.24) is 5.32 Å². The van der Waals surface area contributed by atoms with Gasteiger partial charge in [-0.1, -0.05) is 35.0 Å². The highest BCUT2D eigenvalue weighted by Gasteiger charge is 2.48. The van der Waals surface area contributed by atoms with Crippen LogP contribution in [0.4, 0.5) is 0 Å². The minimum Gasteiger partial charge on any atom is -0.369 e. The molecule has 1 heterocycles. The molecule has 2 atom stereocenters. The van der Waals surface area contributed by atoms with Gasteiger partial charge in [0.1, 0.15) is 0 Å². The molecule has 2 rings (SSSR count). The molecule has 1 aliphatic heterocycles. The van der Waals surface area contributed by atoms with Gasteiger partial charge in [0, 0.05) is 16.4 Å². The van der Waals surface area contributed by atoms with Crippen LogP contribution in [0.1, 0.15) is 46.6 Å². The van der Waals surface area contributed by atoms with Gasteiger partial charge in [-0.15, -0.1) is 0 Å². The van der Waals surface area contributed by atoms with Gasteiger partial charge in [-0.05, 0) is 64.8 Å². The van der Waals surface area contributed by atoms with Crippen LogP contribution in [0.25, 0.3) is 0 Å². The molecule has 1 aromatic carbocycles. The van der Waals surface area contributed by atoms with Crippen LogP contribution in [0.15, 0.2) is 28.7 Å². The van der Waals surface area contributed by atoms with E-state index >= 15 is 0 Å². The molecule has 1 aromatic rings. The van der Waals surface area contributed by atoms with Gasteiger partial charge in [-0.25, -0.2) is 0 Å². The summed E-state index contributed by atoms with van der Waals surface area (Å²) >= 11 is 3.57. The first-order valence-corrected chi connectivity index (χ1v) is 8.71. The van der Waals surface area contributed by atoms with Gasteiger partial charge in [0.05, 0.1) is 11.2 Å². The molecule has 0 spiro atoms. The first kappa shape index (κ1) is 17.0. The Morgan fingerprint density at radius 1 is 1.33 bits per heavy atom. The summed E-state index contributed by atoms with van der Waals surface area (Å²) in [4.78, 5) is 0. The maximum absolute atomic E-state index is 6.29. The van der Waals surface area contributed by atoms with E-state index in [2.05, 4.69) is 80.1 Å². The van der Waals surface area contributed by atoms with Crippen LogP contribution in [-0.2, 0) is 11.2 Å². The van der Waals surface area contributed by atoms with E-state index < -0.39 is 0 Å². The predicted molar refractivity (Wildman–Crippen MR) is 92.7 cm³/mol. The van der Waals surface area contributed by atoms with Gasteiger partial charge in [-0.2, -0.15) is 0 Å². The number of nitrogens with one attached hydrogen (secondary N) is 1. The average molecular weight is 354 g/mol. The number of halogens is 1. The molecule has 118 valence electrons. The zero-order valence-corrected chi connectivity index (χ0v) is 15.5. The Morgan fingerprint density at radius 3 is 2.57 bits per heavy atom. The van der Waals surface area contributed by atoms with E-state index in [4.69, 9.17) is 4.74 Å². The van der Waals surface area contributed by atoms with Crippen molar-refractivity contribution in [2.45, 2.75) is 64.7 Å². The fourth-order valence-electron chi connectivity index (χ4n) is 3.77. The van der Waals surface area contributed by atoms with Crippen LogP contribution < -0.4 is 5.32 Å². The Bertz CT molecular complexity index is 484. The minimum absolute atomic E-state index is 0.0287. The first-order valence-electron chi connectivity index (χ1n) is 7.91. The fraction of sp³-hybridized carbons (Fsp3) is 0.667. The van der Waals surface area contributed by atoms with Crippen molar-refractivity contribution in [2.24, 2.45) is 5.92 Å². The Balaban J connectivity index is 2.19. The van der Waals surface area contributed by atoms with Gasteiger partial charge in [0.2, 0.25) is 0 Å². The van der Waals surface area contributed by atoms with Crippen LogP contribution in [0.5, 0.6) is 0 Å². The topological polar surface area (TPSA) is 21.3 Å². The first-order chi connectivity index (χ1) is 9.73. The van der Waals surface area contributed by atoms with E-state index in [0.717, 1.165) is 23.9 Å². The smallest absolute Gasteiger partial charge is 0.0677 e. The van der Waals surface area contributed by atoms with Crippen molar-refractivity contribution in [3.63, 3.8) is 0 Å². The van der Waals surface area contributed by atoms with Crippen LogP contribution in [0, 0.1) is 5.92 Å². The molecule has 1 N–H and O–H groups in total. The SMILES string of the molecule is CCNC(Cc1cccc(Br)c1)C1CC(C)(C)OC1(C)C. The van der Waals surface area contributed by atoms with Gasteiger partial charge < -0.3 is 10.1 Å². The monoisotopic (exact) mass is 353 g/mol. The maximum Gasteiger partial charge on any atom is 0.0677 e. The molecule has 0 amide bonds. The van der Waals surface area contributed by atoms with E-state index in [-0.39, 0.29) is 11.2 Å². The molecule has 0 saturated carbocycles. The summed E-state index contributed by atoms with van der Waals surface area (Å²) in [5.41, 5.74) is 1.26. The zero-order valence-electron chi connectivity index (χ0n) is 13.9. The highest BCUT2D eigenvalue weighted by Crippen LogP contribution is 2.44. The molecule has 0 bridgehead atoms. The van der Waals surface area contributed by atoms with Gasteiger partial charge in [0.15, 0.2) is 0 Å². The van der Waals surface area contributed by atoms with Crippen LogP contribution in [-0.4, -0.2) is 23.8 Å². The number of hydrogen-bond acceptors (Lipinski definition) is 2. The second kappa shape index (κ2) is 6.39. The Labute approximate surface area is 137 Å². The Kier molecular flexibility index (Phi) is 5.17. The molecule has 0 aliphatic carbocycles. The minimum atomic E-state index is -0.0810. The molecular weight excluding hydrogens is 326 g/mol. The lowest BCUT2D eigenvalue weighted by molar-refractivity contribution is -0.0776. The number of ether oxygens (including phenoxy) is 1. The highest BCUT2D eigenvalue weighted by atomic mass is 79.9. The molecule has 2 nitrogen and oxygen atoms in total. The van der Waals surface area contributed by atoms with E-state index in [1.165, 1.54) is 5.56 Å². The lowest BCUT2D eigenvalue weighted by Gasteiger charge is -2.33. The summed E-state index contributed by atoms with van der Waals surface area (Å²) in [6, 6.07) is 9.07.